The summed E-state index contributed by atoms with van der Waals surface area (Å²) in [5.74, 6) is 0.204. The van der Waals surface area contributed by atoms with Crippen LogP contribution in [0.3, 0.4) is 0 Å². The standard InChI is InChI=1S/C20H22ClNO4/c1-25-15-10-7-14(8-11-15)9-12-19(23)22-18(13-20(24)26-2)16-5-3-4-6-17(16)21/h3-8,10-11,18H,9,12-13H2,1-2H3,(H,22,23). The molecule has 0 bridgehead atoms. The highest BCUT2D eigenvalue weighted by Crippen LogP contribution is 2.25. The van der Waals surface area contributed by atoms with Crippen molar-refractivity contribution in [2.45, 2.75) is 25.3 Å². The maximum absolute atomic E-state index is 12.4. The van der Waals surface area contributed by atoms with E-state index < -0.39 is 12.0 Å². The van der Waals surface area contributed by atoms with E-state index in [1.807, 2.05) is 30.3 Å². The highest BCUT2D eigenvalue weighted by atomic mass is 35.5. The molecule has 2 aromatic rings. The van der Waals surface area contributed by atoms with Crippen LogP contribution in [0, 0.1) is 0 Å². The van der Waals surface area contributed by atoms with Crippen molar-refractivity contribution in [3.63, 3.8) is 0 Å². The number of nitrogens with one attached hydrogen (secondary N) is 1. The molecule has 0 aliphatic heterocycles. The van der Waals surface area contributed by atoms with Crippen molar-refractivity contribution in [2.75, 3.05) is 14.2 Å². The van der Waals surface area contributed by atoms with Crippen LogP contribution in [0.2, 0.25) is 5.02 Å². The van der Waals surface area contributed by atoms with Crippen molar-refractivity contribution in [1.29, 1.82) is 0 Å². The zero-order valence-corrected chi connectivity index (χ0v) is 15.6. The van der Waals surface area contributed by atoms with Crippen molar-refractivity contribution in [3.05, 3.63) is 64.7 Å². The molecule has 1 atom stereocenters. The number of halogens is 1. The van der Waals surface area contributed by atoms with Crippen LogP contribution < -0.4 is 10.1 Å². The fourth-order valence-corrected chi connectivity index (χ4v) is 2.83. The van der Waals surface area contributed by atoms with E-state index in [2.05, 4.69) is 5.32 Å². The number of benzene rings is 2. The van der Waals surface area contributed by atoms with Crippen LogP contribution in [-0.4, -0.2) is 26.1 Å². The summed E-state index contributed by atoms with van der Waals surface area (Å²) < 4.78 is 9.85. The first kappa shape index (κ1) is 19.8. The minimum Gasteiger partial charge on any atom is -0.497 e. The molecule has 2 aromatic carbocycles. The summed E-state index contributed by atoms with van der Waals surface area (Å²) in [5, 5.41) is 3.38. The van der Waals surface area contributed by atoms with Gasteiger partial charge in [-0.1, -0.05) is 41.9 Å². The van der Waals surface area contributed by atoms with Gasteiger partial charge in [0.2, 0.25) is 5.91 Å². The van der Waals surface area contributed by atoms with Crippen LogP contribution in [0.1, 0.15) is 30.0 Å². The third-order valence-electron chi connectivity index (χ3n) is 4.01. The summed E-state index contributed by atoms with van der Waals surface area (Å²) in [6, 6.07) is 14.2. The van der Waals surface area contributed by atoms with E-state index in [9.17, 15) is 9.59 Å². The molecule has 0 saturated carbocycles. The van der Waals surface area contributed by atoms with Gasteiger partial charge in [-0.2, -0.15) is 0 Å². The van der Waals surface area contributed by atoms with Crippen molar-refractivity contribution in [3.8, 4) is 5.75 Å². The van der Waals surface area contributed by atoms with Crippen LogP contribution in [0.5, 0.6) is 5.75 Å². The van der Waals surface area contributed by atoms with Crippen LogP contribution in [0.25, 0.3) is 0 Å². The summed E-state index contributed by atoms with van der Waals surface area (Å²) in [4.78, 5) is 24.1. The lowest BCUT2D eigenvalue weighted by molar-refractivity contribution is -0.141. The third kappa shape index (κ3) is 5.77. The number of carbonyl (C=O) groups is 2. The molecule has 6 heteroatoms. The Bertz CT molecular complexity index is 746. The zero-order valence-electron chi connectivity index (χ0n) is 14.8. The normalized spacial score (nSPS) is 11.5. The van der Waals surface area contributed by atoms with Gasteiger partial charge < -0.3 is 14.8 Å². The van der Waals surface area contributed by atoms with E-state index in [0.29, 0.717) is 23.4 Å². The Morgan fingerprint density at radius 2 is 1.77 bits per heavy atom. The molecule has 0 saturated heterocycles. The number of carbonyl (C=O) groups excluding carboxylic acids is 2. The van der Waals surface area contributed by atoms with E-state index in [-0.39, 0.29) is 12.3 Å². The summed E-state index contributed by atoms with van der Waals surface area (Å²) in [6.45, 7) is 0. The maximum atomic E-state index is 12.4. The minimum absolute atomic E-state index is 0.0223. The van der Waals surface area contributed by atoms with Crippen LogP contribution in [0.15, 0.2) is 48.5 Å². The molecule has 0 radical (unpaired) electrons. The van der Waals surface area contributed by atoms with Gasteiger partial charge in [-0.25, -0.2) is 0 Å². The van der Waals surface area contributed by atoms with Crippen molar-refractivity contribution in [2.24, 2.45) is 0 Å². The van der Waals surface area contributed by atoms with Gasteiger partial charge in [0.15, 0.2) is 0 Å². The Morgan fingerprint density at radius 3 is 2.38 bits per heavy atom. The summed E-state index contributed by atoms with van der Waals surface area (Å²) >= 11 is 6.22. The monoisotopic (exact) mass is 375 g/mol. The number of ether oxygens (including phenoxy) is 2. The maximum Gasteiger partial charge on any atom is 0.307 e. The second kappa shape index (κ2) is 9.82. The Kier molecular flexibility index (Phi) is 7.48. The first-order chi connectivity index (χ1) is 12.5. The molecule has 2 rings (SSSR count). The number of methoxy groups -OCH3 is 2. The molecular formula is C20H22ClNO4. The van der Waals surface area contributed by atoms with Gasteiger partial charge in [0, 0.05) is 11.4 Å². The van der Waals surface area contributed by atoms with Crippen molar-refractivity contribution >= 4 is 23.5 Å². The molecule has 1 N–H and O–H groups in total. The van der Waals surface area contributed by atoms with Crippen LogP contribution in [0.4, 0.5) is 0 Å². The van der Waals surface area contributed by atoms with E-state index in [1.54, 1.807) is 25.3 Å². The topological polar surface area (TPSA) is 64.6 Å². The largest absolute Gasteiger partial charge is 0.497 e. The van der Waals surface area contributed by atoms with Gasteiger partial charge in [0.25, 0.3) is 0 Å². The molecule has 138 valence electrons. The number of hydrogen-bond donors (Lipinski definition) is 1. The minimum atomic E-state index is -0.528. The van der Waals surface area contributed by atoms with Gasteiger partial charge in [-0.15, -0.1) is 0 Å². The quantitative estimate of drug-likeness (QED) is 0.714. The lowest BCUT2D eigenvalue weighted by Crippen LogP contribution is -2.30. The fourth-order valence-electron chi connectivity index (χ4n) is 2.56. The summed E-state index contributed by atoms with van der Waals surface area (Å²) in [7, 11) is 2.93. The average molecular weight is 376 g/mol. The molecule has 0 aromatic heterocycles. The smallest absolute Gasteiger partial charge is 0.307 e. The number of amides is 1. The molecular weight excluding hydrogens is 354 g/mol. The Morgan fingerprint density at radius 1 is 1.08 bits per heavy atom. The highest BCUT2D eigenvalue weighted by molar-refractivity contribution is 6.31. The first-order valence-electron chi connectivity index (χ1n) is 8.27. The molecule has 1 amide bonds. The van der Waals surface area contributed by atoms with Gasteiger partial charge >= 0.3 is 5.97 Å². The van der Waals surface area contributed by atoms with Crippen molar-refractivity contribution < 1.29 is 19.1 Å². The molecule has 0 spiro atoms. The van der Waals surface area contributed by atoms with E-state index >= 15 is 0 Å². The average Bonchev–Trinajstić information content (AvgIpc) is 2.66. The van der Waals surface area contributed by atoms with Gasteiger partial charge in [0.05, 0.1) is 26.7 Å². The van der Waals surface area contributed by atoms with Gasteiger partial charge in [-0.3, -0.25) is 9.59 Å². The van der Waals surface area contributed by atoms with Gasteiger partial charge in [-0.05, 0) is 35.7 Å². The van der Waals surface area contributed by atoms with Crippen LogP contribution >= 0.6 is 11.6 Å². The number of hydrogen-bond acceptors (Lipinski definition) is 4. The Balaban J connectivity index is 2.00. The predicted octanol–water partition coefficient (Wildman–Crippen LogP) is 3.70. The second-order valence-corrected chi connectivity index (χ2v) is 6.18. The molecule has 0 aliphatic carbocycles. The van der Waals surface area contributed by atoms with E-state index in [0.717, 1.165) is 11.3 Å². The molecule has 26 heavy (non-hydrogen) atoms. The molecule has 0 heterocycles. The molecule has 5 nitrogen and oxygen atoms in total. The number of esters is 1. The van der Waals surface area contributed by atoms with Gasteiger partial charge in [0.1, 0.15) is 5.75 Å². The Hall–Kier alpha value is -2.53. The number of aryl methyl sites for hydroxylation is 1. The third-order valence-corrected chi connectivity index (χ3v) is 4.36. The fraction of sp³-hybridized carbons (Fsp3) is 0.300. The van der Waals surface area contributed by atoms with E-state index in [1.165, 1.54) is 7.11 Å². The lowest BCUT2D eigenvalue weighted by atomic mass is 10.0. The summed E-state index contributed by atoms with van der Waals surface area (Å²) in [6.07, 6.45) is 0.909. The SMILES string of the molecule is COC(=O)CC(NC(=O)CCc1ccc(OC)cc1)c1ccccc1Cl. The van der Waals surface area contributed by atoms with Crippen LogP contribution in [-0.2, 0) is 20.7 Å². The zero-order chi connectivity index (χ0) is 18.9. The highest BCUT2D eigenvalue weighted by Gasteiger charge is 2.20. The first-order valence-corrected chi connectivity index (χ1v) is 8.64. The number of rotatable bonds is 8. The van der Waals surface area contributed by atoms with E-state index in [4.69, 9.17) is 21.1 Å². The predicted molar refractivity (Wildman–Crippen MR) is 100 cm³/mol. The lowest BCUT2D eigenvalue weighted by Gasteiger charge is -2.19. The second-order valence-electron chi connectivity index (χ2n) is 5.77. The molecule has 1 unspecified atom stereocenters. The molecule has 0 aliphatic rings. The summed E-state index contributed by atoms with van der Waals surface area (Å²) in [5.41, 5.74) is 1.72. The molecule has 0 fully saturated rings. The van der Waals surface area contributed by atoms with Crippen molar-refractivity contribution in [1.82, 2.24) is 5.32 Å². The Labute approximate surface area is 158 Å².